The fourth-order valence-electron chi connectivity index (χ4n) is 3.18. The van der Waals surface area contributed by atoms with Crippen molar-refractivity contribution in [1.29, 1.82) is 0 Å². The second-order valence-electron chi connectivity index (χ2n) is 7.07. The Morgan fingerprint density at radius 1 is 0.969 bits per heavy atom. The number of nitrogens with zero attached hydrogens (tertiary/aromatic N) is 2. The average molecular weight is 457 g/mol. The monoisotopic (exact) mass is 456 g/mol. The maximum atomic E-state index is 10.6. The van der Waals surface area contributed by atoms with Gasteiger partial charge in [-0.3, -0.25) is 4.79 Å². The van der Waals surface area contributed by atoms with Gasteiger partial charge in [0.25, 0.3) is 0 Å². The number of nitrogens with two attached hydrogens (primary N) is 2. The van der Waals surface area contributed by atoms with Gasteiger partial charge in [-0.15, -0.1) is 0 Å². The number of nitrogen functional groups attached to an aromatic ring is 2. The number of anilines is 2. The molecule has 0 aliphatic carbocycles. The molecule has 168 valence electrons. The van der Waals surface area contributed by atoms with Crippen molar-refractivity contribution < 1.29 is 19.4 Å². The number of carbonyl (C=O) groups is 1. The quantitative estimate of drug-likeness (QED) is 0.365. The van der Waals surface area contributed by atoms with E-state index in [4.69, 9.17) is 37.6 Å². The number of halogens is 1. The van der Waals surface area contributed by atoms with Crippen molar-refractivity contribution in [1.82, 2.24) is 9.97 Å². The van der Waals surface area contributed by atoms with Gasteiger partial charge in [0.1, 0.15) is 17.3 Å². The van der Waals surface area contributed by atoms with Crippen LogP contribution in [0.3, 0.4) is 0 Å². The second-order valence-corrected chi connectivity index (χ2v) is 7.51. The molecule has 1 heterocycles. The molecule has 32 heavy (non-hydrogen) atoms. The number of carboxylic acids is 1. The molecule has 3 rings (SSSR count). The van der Waals surface area contributed by atoms with Crippen molar-refractivity contribution >= 4 is 29.3 Å². The first-order chi connectivity index (χ1) is 15.4. The van der Waals surface area contributed by atoms with E-state index in [1.54, 1.807) is 18.2 Å². The van der Waals surface area contributed by atoms with Gasteiger partial charge >= 0.3 is 5.97 Å². The molecule has 0 atom stereocenters. The average Bonchev–Trinajstić information content (AvgIpc) is 2.74. The first kappa shape index (κ1) is 23.1. The normalized spacial score (nSPS) is 10.7. The minimum absolute atomic E-state index is 0.0748. The summed E-state index contributed by atoms with van der Waals surface area (Å²) in [5.41, 5.74) is 14.2. The Labute approximate surface area is 191 Å². The van der Waals surface area contributed by atoms with Crippen molar-refractivity contribution in [2.45, 2.75) is 25.7 Å². The fourth-order valence-corrected chi connectivity index (χ4v) is 3.37. The standard InChI is InChI=1S/C23H25ClN4O4/c24-16-6-1-5-15(13-16)21-19(27-23(26)28-22(21)25)9-3-11-31-17-7-2-8-18(14-17)32-12-4-10-20(29)30/h1-2,5-8,13-14H,3-4,9-12H2,(H,29,30)(H4,25,26,27,28). The number of rotatable bonds is 11. The summed E-state index contributed by atoms with van der Waals surface area (Å²) in [6.45, 7) is 0.778. The SMILES string of the molecule is Nc1nc(N)c(-c2cccc(Cl)c2)c(CCCOc2cccc(OCCCC(=O)O)c2)n1. The highest BCUT2D eigenvalue weighted by Gasteiger charge is 2.14. The largest absolute Gasteiger partial charge is 0.493 e. The van der Waals surface area contributed by atoms with Crippen molar-refractivity contribution in [3.8, 4) is 22.6 Å². The van der Waals surface area contributed by atoms with Gasteiger partial charge in [0.05, 0.1) is 18.9 Å². The summed E-state index contributed by atoms with van der Waals surface area (Å²) in [5.74, 6) is 0.891. The molecule has 0 radical (unpaired) electrons. The van der Waals surface area contributed by atoms with E-state index in [0.29, 0.717) is 54.8 Å². The van der Waals surface area contributed by atoms with Crippen LogP contribution < -0.4 is 20.9 Å². The highest BCUT2D eigenvalue weighted by Crippen LogP contribution is 2.31. The number of benzene rings is 2. The molecule has 5 N–H and O–H groups in total. The molecule has 0 unspecified atom stereocenters. The second kappa shape index (κ2) is 11.2. The molecule has 3 aromatic rings. The van der Waals surface area contributed by atoms with Gasteiger partial charge in [-0.05, 0) is 49.1 Å². The maximum absolute atomic E-state index is 10.6. The van der Waals surface area contributed by atoms with E-state index in [9.17, 15) is 4.79 Å². The van der Waals surface area contributed by atoms with Gasteiger partial charge in [0.2, 0.25) is 5.95 Å². The number of aromatic nitrogens is 2. The number of aryl methyl sites for hydroxylation is 1. The molecule has 0 aliphatic rings. The Morgan fingerprint density at radius 2 is 1.66 bits per heavy atom. The minimum atomic E-state index is -0.837. The predicted molar refractivity (Wildman–Crippen MR) is 124 cm³/mol. The zero-order valence-electron chi connectivity index (χ0n) is 17.5. The van der Waals surface area contributed by atoms with Crippen molar-refractivity contribution in [3.63, 3.8) is 0 Å². The van der Waals surface area contributed by atoms with Crippen LogP contribution in [0.2, 0.25) is 5.02 Å². The topological polar surface area (TPSA) is 134 Å². The summed E-state index contributed by atoms with van der Waals surface area (Å²) < 4.78 is 11.4. The Balaban J connectivity index is 1.58. The van der Waals surface area contributed by atoms with E-state index in [2.05, 4.69) is 9.97 Å². The van der Waals surface area contributed by atoms with Crippen LogP contribution in [0.15, 0.2) is 48.5 Å². The van der Waals surface area contributed by atoms with Crippen LogP contribution in [0.5, 0.6) is 11.5 Å². The van der Waals surface area contributed by atoms with Gasteiger partial charge in [-0.1, -0.05) is 29.8 Å². The van der Waals surface area contributed by atoms with E-state index in [-0.39, 0.29) is 12.4 Å². The minimum Gasteiger partial charge on any atom is -0.493 e. The van der Waals surface area contributed by atoms with Gasteiger partial charge in [-0.2, -0.15) is 4.98 Å². The van der Waals surface area contributed by atoms with Crippen molar-refractivity contribution in [3.05, 3.63) is 59.2 Å². The molecule has 2 aromatic carbocycles. The molecule has 0 saturated carbocycles. The van der Waals surface area contributed by atoms with Gasteiger partial charge in [0, 0.05) is 23.1 Å². The van der Waals surface area contributed by atoms with Crippen LogP contribution in [0.1, 0.15) is 25.0 Å². The van der Waals surface area contributed by atoms with Gasteiger partial charge < -0.3 is 26.0 Å². The molecule has 0 saturated heterocycles. The zero-order chi connectivity index (χ0) is 22.9. The summed E-state index contributed by atoms with van der Waals surface area (Å²) in [7, 11) is 0. The van der Waals surface area contributed by atoms with Crippen molar-refractivity contribution in [2.75, 3.05) is 24.7 Å². The van der Waals surface area contributed by atoms with Crippen LogP contribution in [-0.2, 0) is 11.2 Å². The van der Waals surface area contributed by atoms with E-state index in [1.165, 1.54) is 0 Å². The number of ether oxygens (including phenoxy) is 2. The molecule has 9 heteroatoms. The molecule has 0 bridgehead atoms. The Hall–Kier alpha value is -3.52. The molecule has 8 nitrogen and oxygen atoms in total. The molecular formula is C23H25ClN4O4. The van der Waals surface area contributed by atoms with Crippen LogP contribution in [-0.4, -0.2) is 34.3 Å². The van der Waals surface area contributed by atoms with E-state index in [1.807, 2.05) is 30.3 Å². The number of hydrogen-bond donors (Lipinski definition) is 3. The summed E-state index contributed by atoms with van der Waals surface area (Å²) in [6, 6.07) is 14.6. The first-order valence-corrected chi connectivity index (χ1v) is 10.6. The third-order valence-corrected chi connectivity index (χ3v) is 4.81. The lowest BCUT2D eigenvalue weighted by atomic mass is 10.0. The Morgan fingerprint density at radius 3 is 2.34 bits per heavy atom. The predicted octanol–water partition coefficient (Wildman–Crippen LogP) is 4.22. The highest BCUT2D eigenvalue weighted by atomic mass is 35.5. The lowest BCUT2D eigenvalue weighted by Crippen LogP contribution is -2.08. The summed E-state index contributed by atoms with van der Waals surface area (Å²) >= 11 is 6.13. The van der Waals surface area contributed by atoms with Crippen LogP contribution in [0.4, 0.5) is 11.8 Å². The summed E-state index contributed by atoms with van der Waals surface area (Å²) in [5, 5.41) is 9.27. The molecular weight excluding hydrogens is 432 g/mol. The zero-order valence-corrected chi connectivity index (χ0v) is 18.2. The summed E-state index contributed by atoms with van der Waals surface area (Å²) in [4.78, 5) is 19.0. The molecule has 0 fully saturated rings. The number of carboxylic acid groups (broad SMARTS) is 1. The third kappa shape index (κ3) is 6.75. The van der Waals surface area contributed by atoms with Crippen LogP contribution >= 0.6 is 11.6 Å². The maximum Gasteiger partial charge on any atom is 0.303 e. The van der Waals surface area contributed by atoms with E-state index in [0.717, 1.165) is 16.8 Å². The molecule has 0 aliphatic heterocycles. The summed E-state index contributed by atoms with van der Waals surface area (Å²) in [6.07, 6.45) is 1.78. The van der Waals surface area contributed by atoms with E-state index >= 15 is 0 Å². The lowest BCUT2D eigenvalue weighted by molar-refractivity contribution is -0.137. The third-order valence-electron chi connectivity index (χ3n) is 4.58. The van der Waals surface area contributed by atoms with Crippen LogP contribution in [0.25, 0.3) is 11.1 Å². The van der Waals surface area contributed by atoms with Crippen molar-refractivity contribution in [2.24, 2.45) is 0 Å². The molecule has 0 amide bonds. The Bertz CT molecular complexity index is 1080. The smallest absolute Gasteiger partial charge is 0.303 e. The Kier molecular flexibility index (Phi) is 8.10. The first-order valence-electron chi connectivity index (χ1n) is 10.2. The van der Waals surface area contributed by atoms with Gasteiger partial charge in [0.15, 0.2) is 0 Å². The molecule has 1 aromatic heterocycles. The van der Waals surface area contributed by atoms with E-state index < -0.39 is 5.97 Å². The van der Waals surface area contributed by atoms with Gasteiger partial charge in [-0.25, -0.2) is 4.98 Å². The van der Waals surface area contributed by atoms with Crippen LogP contribution in [0, 0.1) is 0 Å². The number of aliphatic carboxylic acids is 1. The number of hydrogen-bond acceptors (Lipinski definition) is 7. The fraction of sp³-hybridized carbons (Fsp3) is 0.261. The molecule has 0 spiro atoms. The highest BCUT2D eigenvalue weighted by molar-refractivity contribution is 6.30. The lowest BCUT2D eigenvalue weighted by Gasteiger charge is -2.13.